The summed E-state index contributed by atoms with van der Waals surface area (Å²) in [4.78, 5) is 4.31. The Morgan fingerprint density at radius 2 is 2.24 bits per heavy atom. The lowest BCUT2D eigenvalue weighted by Crippen LogP contribution is -2.26. The van der Waals surface area contributed by atoms with E-state index in [1.807, 2.05) is 13.0 Å². The van der Waals surface area contributed by atoms with Crippen molar-refractivity contribution in [3.8, 4) is 5.75 Å². The molecule has 0 spiro atoms. The Bertz CT molecular complexity index is 474. The maximum Gasteiger partial charge on any atom is 0.196 e. The van der Waals surface area contributed by atoms with Gasteiger partial charge >= 0.3 is 0 Å². The lowest BCUT2D eigenvalue weighted by Gasteiger charge is -2.16. The van der Waals surface area contributed by atoms with Gasteiger partial charge in [0, 0.05) is 11.0 Å². The highest BCUT2D eigenvalue weighted by Crippen LogP contribution is 2.41. The summed E-state index contributed by atoms with van der Waals surface area (Å²) in [6, 6.07) is 2.01. The first kappa shape index (κ1) is 12.7. The fraction of sp³-hybridized carbons (Fsp3) is 0.364. The van der Waals surface area contributed by atoms with Crippen LogP contribution in [-0.4, -0.2) is 26.2 Å². The molecule has 0 unspecified atom stereocenters. The van der Waals surface area contributed by atoms with Gasteiger partial charge in [-0.15, -0.1) is 0 Å². The molecule has 1 aliphatic heterocycles. The van der Waals surface area contributed by atoms with Gasteiger partial charge in [-0.1, -0.05) is 0 Å². The van der Waals surface area contributed by atoms with Crippen LogP contribution in [0.3, 0.4) is 0 Å². The van der Waals surface area contributed by atoms with Crippen molar-refractivity contribution in [1.82, 2.24) is 5.32 Å². The molecule has 0 aromatic heterocycles. The number of methoxy groups -OCH3 is 1. The molecule has 0 atom stereocenters. The van der Waals surface area contributed by atoms with E-state index in [1.165, 1.54) is 0 Å². The summed E-state index contributed by atoms with van der Waals surface area (Å²) in [6.45, 7) is 3.70. The summed E-state index contributed by atoms with van der Waals surface area (Å²) >= 11 is 7.06. The summed E-state index contributed by atoms with van der Waals surface area (Å²) < 4.78 is 7.30. The highest BCUT2D eigenvalue weighted by atomic mass is 79.9. The maximum absolute atomic E-state index is 5.40. The van der Waals surface area contributed by atoms with Crippen molar-refractivity contribution in [2.75, 3.05) is 25.5 Å². The maximum atomic E-state index is 5.40. The third-order valence-electron chi connectivity index (χ3n) is 2.47. The van der Waals surface area contributed by atoms with Crippen LogP contribution < -0.4 is 15.4 Å². The number of anilines is 1. The van der Waals surface area contributed by atoms with Crippen LogP contribution in [0, 0.1) is 6.92 Å². The number of aryl methyl sites for hydroxylation is 1. The molecule has 2 N–H and O–H groups in total. The average molecular weight is 363 g/mol. The number of rotatable bonds is 2. The predicted molar refractivity (Wildman–Crippen MR) is 77.1 cm³/mol. The zero-order chi connectivity index (χ0) is 12.4. The molecule has 2 rings (SSSR count). The van der Waals surface area contributed by atoms with E-state index < -0.39 is 0 Å². The Balaban J connectivity index is 2.42. The Morgan fingerprint density at radius 3 is 2.82 bits per heavy atom. The fourth-order valence-corrected chi connectivity index (χ4v) is 2.74. The van der Waals surface area contributed by atoms with Crippen molar-refractivity contribution in [2.24, 2.45) is 4.99 Å². The first-order valence-electron chi connectivity index (χ1n) is 5.21. The largest absolute Gasteiger partial charge is 0.493 e. The highest BCUT2D eigenvalue weighted by molar-refractivity contribution is 9.11. The fourth-order valence-electron chi connectivity index (χ4n) is 1.65. The standard InChI is InChI=1S/C11H13Br2N3O/c1-6-5-7(12)10(17-2)9(8(6)13)16-11-14-3-4-15-11/h5H,3-4H2,1-2H3,(H2,14,15,16). The van der Waals surface area contributed by atoms with Crippen molar-refractivity contribution in [1.29, 1.82) is 0 Å². The number of nitrogens with one attached hydrogen (secondary N) is 2. The SMILES string of the molecule is COc1c(Br)cc(C)c(Br)c1NC1=NCCN1. The van der Waals surface area contributed by atoms with Gasteiger partial charge in [-0.25, -0.2) is 0 Å². The van der Waals surface area contributed by atoms with E-state index in [0.29, 0.717) is 0 Å². The van der Waals surface area contributed by atoms with Crippen LogP contribution in [0.4, 0.5) is 5.69 Å². The lowest BCUT2D eigenvalue weighted by molar-refractivity contribution is 0.414. The molecular formula is C11H13Br2N3O. The van der Waals surface area contributed by atoms with Gasteiger partial charge in [-0.05, 0) is 50.4 Å². The van der Waals surface area contributed by atoms with E-state index in [1.54, 1.807) is 7.11 Å². The quantitative estimate of drug-likeness (QED) is 0.850. The minimum Gasteiger partial charge on any atom is -0.493 e. The summed E-state index contributed by atoms with van der Waals surface area (Å²) in [5.74, 6) is 1.54. The van der Waals surface area contributed by atoms with Gasteiger partial charge in [-0.2, -0.15) is 0 Å². The van der Waals surface area contributed by atoms with Crippen molar-refractivity contribution in [2.45, 2.75) is 6.92 Å². The molecule has 0 radical (unpaired) electrons. The third-order valence-corrected chi connectivity index (χ3v) is 4.09. The molecule has 1 heterocycles. The van der Waals surface area contributed by atoms with Crippen LogP contribution in [0.15, 0.2) is 20.0 Å². The van der Waals surface area contributed by atoms with Gasteiger partial charge in [0.1, 0.15) is 0 Å². The van der Waals surface area contributed by atoms with Crippen LogP contribution in [-0.2, 0) is 0 Å². The number of aliphatic imine (C=N–C) groups is 1. The monoisotopic (exact) mass is 361 g/mol. The zero-order valence-corrected chi connectivity index (χ0v) is 12.8. The number of ether oxygens (including phenoxy) is 1. The molecule has 0 amide bonds. The van der Waals surface area contributed by atoms with Crippen molar-refractivity contribution in [3.63, 3.8) is 0 Å². The Hall–Kier alpha value is -0.750. The smallest absolute Gasteiger partial charge is 0.196 e. The molecule has 0 saturated heterocycles. The summed E-state index contributed by atoms with van der Waals surface area (Å²) in [6.07, 6.45) is 0. The van der Waals surface area contributed by atoms with Crippen LogP contribution in [0.2, 0.25) is 0 Å². The number of hydrogen-bond acceptors (Lipinski definition) is 4. The Labute approximate surface area is 117 Å². The van der Waals surface area contributed by atoms with E-state index in [4.69, 9.17) is 4.74 Å². The second-order valence-corrected chi connectivity index (χ2v) is 5.33. The summed E-state index contributed by atoms with van der Waals surface area (Å²) in [5.41, 5.74) is 2.01. The van der Waals surface area contributed by atoms with Gasteiger partial charge in [0.15, 0.2) is 11.7 Å². The number of halogens is 2. The van der Waals surface area contributed by atoms with Gasteiger partial charge in [-0.3, -0.25) is 4.99 Å². The molecular weight excluding hydrogens is 350 g/mol. The molecule has 92 valence electrons. The summed E-state index contributed by atoms with van der Waals surface area (Å²) in [5, 5.41) is 6.42. The minimum absolute atomic E-state index is 0.763. The second kappa shape index (κ2) is 5.27. The molecule has 1 aromatic carbocycles. The number of benzene rings is 1. The van der Waals surface area contributed by atoms with E-state index in [2.05, 4.69) is 47.5 Å². The molecule has 1 aliphatic rings. The van der Waals surface area contributed by atoms with Crippen LogP contribution >= 0.6 is 31.9 Å². The Morgan fingerprint density at radius 1 is 1.47 bits per heavy atom. The third kappa shape index (κ3) is 2.57. The van der Waals surface area contributed by atoms with Crippen LogP contribution in [0.5, 0.6) is 5.75 Å². The number of guanidine groups is 1. The Kier molecular flexibility index (Phi) is 3.93. The van der Waals surface area contributed by atoms with E-state index in [9.17, 15) is 0 Å². The normalized spacial score (nSPS) is 14.2. The summed E-state index contributed by atoms with van der Waals surface area (Å²) in [7, 11) is 1.65. The molecule has 0 bridgehead atoms. The minimum atomic E-state index is 0.763. The predicted octanol–water partition coefficient (Wildman–Crippen LogP) is 2.90. The van der Waals surface area contributed by atoms with E-state index in [-0.39, 0.29) is 0 Å². The second-order valence-electron chi connectivity index (χ2n) is 3.68. The van der Waals surface area contributed by atoms with E-state index >= 15 is 0 Å². The molecule has 0 saturated carbocycles. The first-order valence-corrected chi connectivity index (χ1v) is 6.80. The number of nitrogens with zero attached hydrogens (tertiary/aromatic N) is 1. The van der Waals surface area contributed by atoms with Crippen molar-refractivity contribution in [3.05, 3.63) is 20.6 Å². The van der Waals surface area contributed by atoms with Crippen molar-refractivity contribution >= 4 is 43.5 Å². The first-order chi connectivity index (χ1) is 8.13. The topological polar surface area (TPSA) is 45.6 Å². The van der Waals surface area contributed by atoms with Gasteiger partial charge < -0.3 is 15.4 Å². The molecule has 0 aliphatic carbocycles. The van der Waals surface area contributed by atoms with Gasteiger partial charge in [0.05, 0.1) is 23.8 Å². The molecule has 0 fully saturated rings. The zero-order valence-electron chi connectivity index (χ0n) is 9.60. The molecule has 4 nitrogen and oxygen atoms in total. The van der Waals surface area contributed by atoms with Crippen LogP contribution in [0.25, 0.3) is 0 Å². The number of hydrogen-bond donors (Lipinski definition) is 2. The lowest BCUT2D eigenvalue weighted by atomic mass is 10.2. The molecule has 1 aromatic rings. The van der Waals surface area contributed by atoms with Crippen molar-refractivity contribution < 1.29 is 4.74 Å². The van der Waals surface area contributed by atoms with Crippen LogP contribution in [0.1, 0.15) is 5.56 Å². The molecule has 6 heteroatoms. The highest BCUT2D eigenvalue weighted by Gasteiger charge is 2.16. The van der Waals surface area contributed by atoms with Gasteiger partial charge in [0.25, 0.3) is 0 Å². The van der Waals surface area contributed by atoms with Gasteiger partial charge in [0.2, 0.25) is 0 Å². The van der Waals surface area contributed by atoms with E-state index in [0.717, 1.165) is 45.0 Å². The average Bonchev–Trinajstić information content (AvgIpc) is 2.78. The molecule has 17 heavy (non-hydrogen) atoms.